The van der Waals surface area contributed by atoms with Gasteiger partial charge < -0.3 is 20.5 Å². The van der Waals surface area contributed by atoms with Gasteiger partial charge in [-0.25, -0.2) is 0 Å². The van der Waals surface area contributed by atoms with Crippen LogP contribution in [-0.4, -0.2) is 103 Å². The molecule has 12 nitrogen and oxygen atoms in total. The first-order valence-electron chi connectivity index (χ1n) is 13.5. The number of rotatable bonds is 5. The van der Waals surface area contributed by atoms with Crippen molar-refractivity contribution in [2.45, 2.75) is 69.9 Å². The molecule has 1 unspecified atom stereocenters. The summed E-state index contributed by atoms with van der Waals surface area (Å²) >= 11 is 0. The molecule has 41 heavy (non-hydrogen) atoms. The molecule has 2 bridgehead atoms. The predicted molar refractivity (Wildman–Crippen MR) is 144 cm³/mol. The highest BCUT2D eigenvalue weighted by Gasteiger charge is 2.59. The lowest BCUT2D eigenvalue weighted by Gasteiger charge is -2.60. The van der Waals surface area contributed by atoms with E-state index in [1.165, 1.54) is 28.1 Å². The second kappa shape index (κ2) is 10.2. The van der Waals surface area contributed by atoms with Gasteiger partial charge >= 0.3 is 0 Å². The SMILES string of the molecule is COC1=C(C)C(=O)C2=C(C1=O)[C@@H]1[C@H]3CC4=C(C(=O)C(OC)=C(C)C4=O)[C@@H](CNC(=O)[C@H](C)N)N3C(C#N)[C@H](C2)N1C. The van der Waals surface area contributed by atoms with E-state index < -0.39 is 53.7 Å². The molecule has 2 aliphatic carbocycles. The summed E-state index contributed by atoms with van der Waals surface area (Å²) in [4.78, 5) is 71.0. The van der Waals surface area contributed by atoms with Crippen LogP contribution in [0.15, 0.2) is 45.0 Å². The Morgan fingerprint density at radius 2 is 1.49 bits per heavy atom. The molecule has 0 spiro atoms. The van der Waals surface area contributed by atoms with Crippen molar-refractivity contribution < 1.29 is 33.4 Å². The molecular formula is C29H33N5O7. The Balaban J connectivity index is 1.71. The number of carbonyl (C=O) groups is 5. The monoisotopic (exact) mass is 563 g/mol. The van der Waals surface area contributed by atoms with Crippen molar-refractivity contribution in [3.63, 3.8) is 0 Å². The molecule has 12 heteroatoms. The van der Waals surface area contributed by atoms with E-state index in [0.29, 0.717) is 5.57 Å². The molecule has 3 N–H and O–H groups in total. The minimum Gasteiger partial charge on any atom is -0.492 e. The molecule has 0 aromatic heterocycles. The molecule has 1 fully saturated rings. The number of ketones is 4. The van der Waals surface area contributed by atoms with Gasteiger partial charge in [0, 0.05) is 52.1 Å². The number of nitrogens with two attached hydrogens (primary N) is 1. The fraction of sp³-hybridized carbons (Fsp3) is 0.517. The van der Waals surface area contributed by atoms with Crippen molar-refractivity contribution in [1.82, 2.24) is 15.1 Å². The number of nitrogens with zero attached hydrogens (tertiary/aromatic N) is 3. The first-order chi connectivity index (χ1) is 19.4. The maximum Gasteiger partial charge on any atom is 0.236 e. The Labute approximate surface area is 237 Å². The highest BCUT2D eigenvalue weighted by atomic mass is 16.5. The van der Waals surface area contributed by atoms with E-state index in [4.69, 9.17) is 15.2 Å². The number of Topliss-reactive ketones (excluding diaryl/α,β-unsaturated/α-hetero) is 4. The number of allylic oxidation sites excluding steroid dienone is 4. The van der Waals surface area contributed by atoms with Crippen LogP contribution in [0.3, 0.4) is 0 Å². The van der Waals surface area contributed by atoms with Gasteiger partial charge in [0.25, 0.3) is 0 Å². The predicted octanol–water partition coefficient (Wildman–Crippen LogP) is -0.391. The van der Waals surface area contributed by atoms with E-state index in [2.05, 4.69) is 11.4 Å². The Kier molecular flexibility index (Phi) is 7.09. The van der Waals surface area contributed by atoms with Gasteiger partial charge in [0.15, 0.2) is 23.1 Å². The fourth-order valence-electron chi connectivity index (χ4n) is 7.17. The molecule has 3 aliphatic heterocycles. The Morgan fingerprint density at radius 1 is 0.976 bits per heavy atom. The minimum atomic E-state index is -0.889. The molecule has 5 aliphatic rings. The molecule has 6 atom stereocenters. The fourth-order valence-corrected chi connectivity index (χ4v) is 7.17. The molecule has 1 saturated heterocycles. The Hall–Kier alpha value is -3.92. The molecular weight excluding hydrogens is 530 g/mol. The van der Waals surface area contributed by atoms with Crippen LogP contribution in [0.25, 0.3) is 0 Å². The smallest absolute Gasteiger partial charge is 0.236 e. The van der Waals surface area contributed by atoms with Crippen LogP contribution < -0.4 is 11.1 Å². The van der Waals surface area contributed by atoms with Crippen LogP contribution in [0.5, 0.6) is 0 Å². The van der Waals surface area contributed by atoms with Crippen molar-refractivity contribution in [2.24, 2.45) is 5.73 Å². The van der Waals surface area contributed by atoms with Crippen LogP contribution in [0.2, 0.25) is 0 Å². The zero-order valence-electron chi connectivity index (χ0n) is 23.9. The number of nitrogens with one attached hydrogen (secondary N) is 1. The van der Waals surface area contributed by atoms with Crippen molar-refractivity contribution in [3.05, 3.63) is 45.0 Å². The molecule has 0 aromatic carbocycles. The van der Waals surface area contributed by atoms with Crippen molar-refractivity contribution in [2.75, 3.05) is 27.8 Å². The van der Waals surface area contributed by atoms with Gasteiger partial charge in [-0.15, -0.1) is 0 Å². The quantitative estimate of drug-likeness (QED) is 0.417. The molecule has 0 radical (unpaired) electrons. The summed E-state index contributed by atoms with van der Waals surface area (Å²) in [7, 11) is 4.46. The number of hydrogen-bond donors (Lipinski definition) is 2. The Morgan fingerprint density at radius 3 is 2.00 bits per heavy atom. The van der Waals surface area contributed by atoms with Crippen LogP contribution >= 0.6 is 0 Å². The van der Waals surface area contributed by atoms with Gasteiger partial charge in [-0.1, -0.05) is 0 Å². The summed E-state index contributed by atoms with van der Waals surface area (Å²) in [5.74, 6) is -2.14. The number of ether oxygens (including phenoxy) is 2. The molecule has 1 amide bonds. The number of methoxy groups -OCH3 is 2. The first-order valence-corrected chi connectivity index (χ1v) is 13.5. The van der Waals surface area contributed by atoms with Gasteiger partial charge in [0.05, 0.1) is 38.4 Å². The largest absolute Gasteiger partial charge is 0.492 e. The zero-order valence-corrected chi connectivity index (χ0v) is 23.9. The third-order valence-electron chi connectivity index (χ3n) is 9.10. The highest BCUT2D eigenvalue weighted by Crippen LogP contribution is 2.48. The van der Waals surface area contributed by atoms with E-state index in [0.717, 1.165) is 0 Å². The van der Waals surface area contributed by atoms with Gasteiger partial charge in [-0.2, -0.15) is 5.26 Å². The van der Waals surface area contributed by atoms with E-state index in [1.807, 2.05) is 9.80 Å². The van der Waals surface area contributed by atoms with E-state index in [1.54, 1.807) is 14.0 Å². The summed E-state index contributed by atoms with van der Waals surface area (Å²) in [6, 6.07) is -2.02. The van der Waals surface area contributed by atoms with Gasteiger partial charge in [-0.05, 0) is 40.7 Å². The summed E-state index contributed by atoms with van der Waals surface area (Å²) in [6.07, 6.45) is 0.192. The van der Waals surface area contributed by atoms with Crippen molar-refractivity contribution >= 4 is 29.0 Å². The lowest BCUT2D eigenvalue weighted by atomic mass is 9.67. The minimum absolute atomic E-state index is 0.0292. The van der Waals surface area contributed by atoms with Gasteiger partial charge in [0.2, 0.25) is 17.5 Å². The van der Waals surface area contributed by atoms with Crippen LogP contribution in [0, 0.1) is 11.3 Å². The summed E-state index contributed by atoms with van der Waals surface area (Å²) in [5, 5.41) is 13.3. The third-order valence-corrected chi connectivity index (χ3v) is 9.10. The topological polar surface area (TPSA) is 172 Å². The average Bonchev–Trinajstić information content (AvgIpc) is 2.93. The third kappa shape index (κ3) is 3.94. The van der Waals surface area contributed by atoms with E-state index in [9.17, 15) is 29.2 Å². The number of hydrogen-bond acceptors (Lipinski definition) is 11. The van der Waals surface area contributed by atoms with Crippen molar-refractivity contribution in [1.29, 1.82) is 5.26 Å². The van der Waals surface area contributed by atoms with Crippen LogP contribution in [0.4, 0.5) is 0 Å². The number of carbonyl (C=O) groups excluding carboxylic acids is 5. The normalized spacial score (nSPS) is 31.0. The lowest BCUT2D eigenvalue weighted by Crippen LogP contribution is -2.74. The molecule has 0 saturated carbocycles. The molecule has 216 valence electrons. The van der Waals surface area contributed by atoms with Crippen molar-refractivity contribution in [3.8, 4) is 6.07 Å². The second-order valence-electron chi connectivity index (χ2n) is 11.1. The maximum absolute atomic E-state index is 13.8. The number of piperazine rings is 1. The zero-order chi connectivity index (χ0) is 30.1. The van der Waals surface area contributed by atoms with Gasteiger partial charge in [-0.3, -0.25) is 33.8 Å². The molecule has 0 aromatic rings. The molecule has 5 rings (SSSR count). The first kappa shape index (κ1) is 28.6. The standard InChI is InChI=1S/C29H33N5O7/c1-11-23(35)14-8-17-22-21-15(24(36)12(2)28(41-6)26(21)38)7-16(33(22)4)18(9-30)34(17)19(10-32-29(39)13(3)31)20(14)25(37)27(11)40-5/h13,16-19,22H,7-8,10,31H2,1-6H3,(H,32,39)/t13-,16-,17+,18?,19+,22-/m0/s1. The number of likely N-dealkylation sites (N-methyl/N-ethyl adjacent to an activating group) is 1. The Bertz CT molecular complexity index is 1480. The molecule has 3 heterocycles. The summed E-state index contributed by atoms with van der Waals surface area (Å²) < 4.78 is 10.7. The van der Waals surface area contributed by atoms with Gasteiger partial charge in [0.1, 0.15) is 6.04 Å². The van der Waals surface area contributed by atoms with Crippen LogP contribution in [0.1, 0.15) is 33.6 Å². The number of fused-ring (bicyclic) bond motifs is 5. The van der Waals surface area contributed by atoms with E-state index >= 15 is 0 Å². The summed E-state index contributed by atoms with van der Waals surface area (Å²) in [6.45, 7) is 4.49. The average molecular weight is 564 g/mol. The lowest BCUT2D eigenvalue weighted by molar-refractivity contribution is -0.126. The number of nitriles is 1. The van der Waals surface area contributed by atoms with Crippen LogP contribution in [-0.2, 0) is 33.4 Å². The highest BCUT2D eigenvalue weighted by molar-refractivity contribution is 6.26. The maximum atomic E-state index is 13.8. The second-order valence-corrected chi connectivity index (χ2v) is 11.1. The number of amides is 1. The van der Waals surface area contributed by atoms with E-state index in [-0.39, 0.29) is 70.3 Å². The summed E-state index contributed by atoms with van der Waals surface area (Å²) in [5.41, 5.74) is 7.20.